The van der Waals surface area contributed by atoms with Gasteiger partial charge in [0.1, 0.15) is 17.8 Å². The van der Waals surface area contributed by atoms with Crippen molar-refractivity contribution in [3.05, 3.63) is 76.1 Å². The van der Waals surface area contributed by atoms with Crippen molar-refractivity contribution in [1.82, 2.24) is 9.88 Å². The molecular weight excluding hydrogens is 481 g/mol. The normalized spacial score (nSPS) is 19.1. The van der Waals surface area contributed by atoms with Gasteiger partial charge in [-0.1, -0.05) is 38.7 Å². The third kappa shape index (κ3) is 7.68. The van der Waals surface area contributed by atoms with Gasteiger partial charge in [-0.25, -0.2) is 9.37 Å². The fraction of sp³-hybridized carbons (Fsp3) is 0.400. The van der Waals surface area contributed by atoms with E-state index in [-0.39, 0.29) is 18.2 Å². The average molecular weight is 522 g/mol. The highest BCUT2D eigenvalue weighted by Gasteiger charge is 2.43. The lowest BCUT2D eigenvalue weighted by atomic mass is 9.88. The largest absolute Gasteiger partial charge is 0.388 e. The number of allylic oxidation sites excluding steroid dienone is 4. The zero-order chi connectivity index (χ0) is 28.6. The first-order valence-electron chi connectivity index (χ1n) is 12.9. The summed E-state index contributed by atoms with van der Waals surface area (Å²) in [7, 11) is 1.65. The van der Waals surface area contributed by atoms with Crippen LogP contribution in [-0.2, 0) is 4.79 Å². The van der Waals surface area contributed by atoms with Crippen molar-refractivity contribution < 1.29 is 14.3 Å². The van der Waals surface area contributed by atoms with E-state index in [1.165, 1.54) is 4.90 Å². The second-order valence-electron chi connectivity index (χ2n) is 9.47. The Labute approximate surface area is 225 Å². The van der Waals surface area contributed by atoms with E-state index < -0.39 is 18.2 Å². The van der Waals surface area contributed by atoms with Crippen LogP contribution in [0, 0.1) is 23.7 Å². The molecule has 1 fully saturated rings. The molecule has 0 bridgehead atoms. The van der Waals surface area contributed by atoms with Gasteiger partial charge >= 0.3 is 0 Å². The van der Waals surface area contributed by atoms with Gasteiger partial charge in [0.05, 0.1) is 18.4 Å². The molecule has 204 valence electrons. The number of carbonyl (C=O) groups excluding carboxylic acids is 1. The summed E-state index contributed by atoms with van der Waals surface area (Å²) in [4.78, 5) is 18.0. The lowest BCUT2D eigenvalue weighted by molar-refractivity contribution is -0.117. The third-order valence-corrected chi connectivity index (χ3v) is 6.47. The highest BCUT2D eigenvalue weighted by molar-refractivity contribution is 6.07. The van der Waals surface area contributed by atoms with Crippen molar-refractivity contribution in [2.24, 2.45) is 5.92 Å². The number of pyridine rings is 1. The number of alkyl halides is 1. The van der Waals surface area contributed by atoms with Gasteiger partial charge in [0.15, 0.2) is 0 Å². The molecule has 3 unspecified atom stereocenters. The van der Waals surface area contributed by atoms with Crippen LogP contribution in [0.3, 0.4) is 0 Å². The van der Waals surface area contributed by atoms with Gasteiger partial charge in [0, 0.05) is 18.8 Å². The molecule has 1 aliphatic carbocycles. The second kappa shape index (κ2) is 13.8. The fourth-order valence-corrected chi connectivity index (χ4v) is 4.00. The molecule has 0 aromatic carbocycles. The number of amidine groups is 1. The Hall–Kier alpha value is -3.65. The molecule has 2 rings (SSSR count). The Kier molecular flexibility index (Phi) is 11.1. The van der Waals surface area contributed by atoms with Crippen molar-refractivity contribution in [2.75, 3.05) is 12.4 Å². The van der Waals surface area contributed by atoms with E-state index in [0.29, 0.717) is 29.8 Å². The number of aryl methyl sites for hydroxylation is 1. The average Bonchev–Trinajstić information content (AvgIpc) is 3.63. The van der Waals surface area contributed by atoms with Crippen molar-refractivity contribution in [2.45, 2.75) is 66.2 Å². The quantitative estimate of drug-likeness (QED) is 0.150. The minimum absolute atomic E-state index is 0.160. The molecule has 1 saturated carbocycles. The van der Waals surface area contributed by atoms with Gasteiger partial charge < -0.3 is 15.3 Å². The van der Waals surface area contributed by atoms with E-state index in [9.17, 15) is 14.3 Å². The van der Waals surface area contributed by atoms with Gasteiger partial charge in [0.25, 0.3) is 0 Å². The van der Waals surface area contributed by atoms with Gasteiger partial charge in [-0.05, 0) is 85.6 Å². The number of halogens is 1. The monoisotopic (exact) mass is 521 g/mol. The maximum Gasteiger partial charge on any atom is 0.231 e. The molecule has 7 nitrogen and oxygen atoms in total. The van der Waals surface area contributed by atoms with E-state index >= 15 is 0 Å². The van der Waals surface area contributed by atoms with Gasteiger partial charge in [0.2, 0.25) is 5.91 Å². The van der Waals surface area contributed by atoms with Crippen LogP contribution in [0.1, 0.15) is 58.1 Å². The van der Waals surface area contributed by atoms with Crippen LogP contribution in [0.2, 0.25) is 0 Å². The van der Waals surface area contributed by atoms with Crippen LogP contribution in [0.15, 0.2) is 64.9 Å². The highest BCUT2D eigenvalue weighted by Crippen LogP contribution is 2.35. The van der Waals surface area contributed by atoms with Crippen LogP contribution in [-0.4, -0.2) is 52.4 Å². The summed E-state index contributed by atoms with van der Waals surface area (Å²) in [6.45, 7) is 13.6. The first kappa shape index (κ1) is 30.6. The summed E-state index contributed by atoms with van der Waals surface area (Å²) in [5, 5.41) is 29.4. The summed E-state index contributed by atoms with van der Waals surface area (Å²) in [6, 6.07) is 1.74. The maximum atomic E-state index is 13.3. The lowest BCUT2D eigenvalue weighted by Gasteiger charge is -2.22. The Morgan fingerprint density at radius 3 is 2.53 bits per heavy atom. The Balaban J connectivity index is 2.62. The first-order chi connectivity index (χ1) is 18.0. The molecule has 1 amide bonds. The number of nitrogens with one attached hydrogen (secondary N) is 3. The molecule has 0 saturated heterocycles. The third-order valence-electron chi connectivity index (χ3n) is 6.47. The molecule has 0 spiro atoms. The van der Waals surface area contributed by atoms with Crippen LogP contribution >= 0.6 is 0 Å². The Bertz CT molecular complexity index is 1210. The number of nitrogens with zero attached hydrogens (tertiary/aromatic N) is 2. The Morgan fingerprint density at radius 2 is 2.03 bits per heavy atom. The molecule has 1 aromatic rings. The number of hydrogen-bond acceptors (Lipinski definition) is 5. The van der Waals surface area contributed by atoms with E-state index in [1.807, 2.05) is 58.9 Å². The summed E-state index contributed by atoms with van der Waals surface area (Å²) in [5.74, 6) is -0.448. The molecule has 0 aliphatic heterocycles. The predicted molar refractivity (Wildman–Crippen MR) is 154 cm³/mol. The zero-order valence-corrected chi connectivity index (χ0v) is 23.2. The standard InChI is InChI=1S/C30H40FN5O2/c1-8-11-23(29(33)36(7)17-32)24(22(9-2)19(5)12-20(6)27(37)10-3)14-21-16-34-28(13-18(21)4)35-30(38)25-15-26(25)31/h9,11-14,16-17,25-27,32-33,37H,6,8,10,15H2,1-5,7H3,(H,34,35,38)/b19-12-,22-9+,23-11-,24-14-,32-17?,33-29?. The summed E-state index contributed by atoms with van der Waals surface area (Å²) in [6.07, 6.45) is 10.1. The lowest BCUT2D eigenvalue weighted by Crippen LogP contribution is -2.27. The van der Waals surface area contributed by atoms with E-state index in [2.05, 4.69) is 16.9 Å². The number of aromatic nitrogens is 1. The smallest absolute Gasteiger partial charge is 0.231 e. The number of hydrogen-bond donors (Lipinski definition) is 4. The van der Waals surface area contributed by atoms with Gasteiger partial charge in [-0.15, -0.1) is 0 Å². The number of aliphatic hydroxyl groups is 1. The highest BCUT2D eigenvalue weighted by atomic mass is 19.1. The van der Waals surface area contributed by atoms with Gasteiger partial charge in [-0.3, -0.25) is 15.6 Å². The van der Waals surface area contributed by atoms with E-state index in [0.717, 1.165) is 34.2 Å². The Morgan fingerprint density at radius 1 is 1.37 bits per heavy atom. The number of likely N-dealkylation sites (N-methyl/N-ethyl adjacent to an activating group) is 1. The van der Waals surface area contributed by atoms with Crippen molar-refractivity contribution in [1.29, 1.82) is 10.8 Å². The first-order valence-corrected chi connectivity index (χ1v) is 12.9. The molecule has 38 heavy (non-hydrogen) atoms. The number of anilines is 1. The topological polar surface area (TPSA) is 113 Å². The fourth-order valence-electron chi connectivity index (χ4n) is 4.00. The molecule has 3 atom stereocenters. The van der Waals surface area contributed by atoms with Gasteiger partial charge in [-0.2, -0.15) is 0 Å². The number of carbonyl (C=O) groups is 1. The molecule has 1 heterocycles. The molecule has 4 N–H and O–H groups in total. The minimum atomic E-state index is -1.08. The van der Waals surface area contributed by atoms with Crippen LogP contribution in [0.5, 0.6) is 0 Å². The molecular formula is C30H40FN5O2. The van der Waals surface area contributed by atoms with Crippen LogP contribution < -0.4 is 5.32 Å². The second-order valence-corrected chi connectivity index (χ2v) is 9.47. The molecule has 8 heteroatoms. The number of amides is 1. The van der Waals surface area contributed by atoms with Crippen LogP contribution in [0.4, 0.5) is 10.2 Å². The van der Waals surface area contributed by atoms with Crippen molar-refractivity contribution >= 4 is 30.0 Å². The summed E-state index contributed by atoms with van der Waals surface area (Å²) in [5.41, 5.74) is 5.31. The SMILES string of the molecule is C=C(\C=C(C)/C(=C\C)C(=C/c1cnc(NC(=O)C2CC2F)cc1C)/C(=C/CC)C(=N)N(C)C=N)C(O)CC. The number of rotatable bonds is 12. The summed E-state index contributed by atoms with van der Waals surface area (Å²) < 4.78 is 13.3. The molecule has 0 radical (unpaired) electrons. The number of aliphatic hydroxyl groups excluding tert-OH is 1. The van der Waals surface area contributed by atoms with E-state index in [1.54, 1.807) is 19.3 Å². The van der Waals surface area contributed by atoms with Crippen molar-refractivity contribution in [3.63, 3.8) is 0 Å². The van der Waals surface area contributed by atoms with Crippen molar-refractivity contribution in [3.8, 4) is 0 Å². The molecule has 1 aromatic heterocycles. The van der Waals surface area contributed by atoms with E-state index in [4.69, 9.17) is 10.8 Å². The minimum Gasteiger partial charge on any atom is -0.388 e. The summed E-state index contributed by atoms with van der Waals surface area (Å²) >= 11 is 0. The predicted octanol–water partition coefficient (Wildman–Crippen LogP) is 6.14. The molecule has 1 aliphatic rings. The van der Waals surface area contributed by atoms with Crippen LogP contribution in [0.25, 0.3) is 6.08 Å². The maximum absolute atomic E-state index is 13.3. The zero-order valence-electron chi connectivity index (χ0n) is 23.2.